The van der Waals surface area contributed by atoms with Crippen LogP contribution < -0.4 is 5.73 Å². The van der Waals surface area contributed by atoms with Gasteiger partial charge < -0.3 is 5.73 Å². The molecule has 1 amide bonds. The molecule has 104 valence electrons. The van der Waals surface area contributed by atoms with Gasteiger partial charge in [0.25, 0.3) is 0 Å². The third kappa shape index (κ3) is 3.47. The Hall–Kier alpha value is -2.09. The van der Waals surface area contributed by atoms with Crippen LogP contribution in [0.15, 0.2) is 48.5 Å². The highest BCUT2D eigenvalue weighted by molar-refractivity contribution is 6.00. The molecule has 0 aromatic heterocycles. The van der Waals surface area contributed by atoms with Crippen molar-refractivity contribution in [1.29, 1.82) is 0 Å². The second-order valence-corrected chi connectivity index (χ2v) is 5.07. The van der Waals surface area contributed by atoms with Crippen LogP contribution in [0.5, 0.6) is 0 Å². The Morgan fingerprint density at radius 3 is 2.45 bits per heavy atom. The summed E-state index contributed by atoms with van der Waals surface area (Å²) in [5, 5.41) is 0. The zero-order valence-electron chi connectivity index (χ0n) is 11.9. The number of benzene rings is 2. The quantitative estimate of drug-likeness (QED) is 0.784. The molecule has 0 saturated carbocycles. The van der Waals surface area contributed by atoms with E-state index in [2.05, 4.69) is 13.0 Å². The monoisotopic (exact) mass is 267 g/mol. The molecule has 0 aliphatic carbocycles. The van der Waals surface area contributed by atoms with Gasteiger partial charge in [-0.25, -0.2) is 0 Å². The van der Waals surface area contributed by atoms with Gasteiger partial charge in [0.1, 0.15) is 0 Å². The molecule has 2 N–H and O–H groups in total. The van der Waals surface area contributed by atoms with Crippen LogP contribution in [0.3, 0.4) is 0 Å². The van der Waals surface area contributed by atoms with E-state index in [1.165, 1.54) is 18.4 Å². The number of hydrogen-bond donors (Lipinski definition) is 1. The third-order valence-corrected chi connectivity index (χ3v) is 3.50. The van der Waals surface area contributed by atoms with E-state index in [9.17, 15) is 4.79 Å². The van der Waals surface area contributed by atoms with Gasteiger partial charge >= 0.3 is 0 Å². The van der Waals surface area contributed by atoms with Crippen LogP contribution in [-0.2, 0) is 6.42 Å². The molecule has 0 spiro atoms. The molecule has 20 heavy (non-hydrogen) atoms. The van der Waals surface area contributed by atoms with Gasteiger partial charge in [0.05, 0.1) is 0 Å². The fourth-order valence-corrected chi connectivity index (χ4v) is 2.40. The molecule has 0 saturated heterocycles. The first kappa shape index (κ1) is 14.3. The Bertz CT molecular complexity index is 575. The first-order valence-electron chi connectivity index (χ1n) is 7.20. The Kier molecular flexibility index (Phi) is 4.94. The highest BCUT2D eigenvalue weighted by Crippen LogP contribution is 2.25. The lowest BCUT2D eigenvalue weighted by atomic mass is 9.95. The highest BCUT2D eigenvalue weighted by atomic mass is 16.1. The topological polar surface area (TPSA) is 43.1 Å². The van der Waals surface area contributed by atoms with Gasteiger partial charge in [0.15, 0.2) is 0 Å². The van der Waals surface area contributed by atoms with Crippen molar-refractivity contribution >= 4 is 5.91 Å². The van der Waals surface area contributed by atoms with E-state index in [-0.39, 0.29) is 5.91 Å². The van der Waals surface area contributed by atoms with E-state index >= 15 is 0 Å². The molecule has 0 atom stereocenters. The molecule has 2 aromatic carbocycles. The molecule has 0 aliphatic heterocycles. The minimum atomic E-state index is -0.360. The van der Waals surface area contributed by atoms with Crippen molar-refractivity contribution in [2.45, 2.75) is 32.6 Å². The van der Waals surface area contributed by atoms with E-state index in [1.807, 2.05) is 42.5 Å². The predicted octanol–water partition coefficient (Wildman–Crippen LogP) is 4.19. The van der Waals surface area contributed by atoms with E-state index in [0.717, 1.165) is 24.0 Å². The van der Waals surface area contributed by atoms with Crippen LogP contribution in [0.2, 0.25) is 0 Å². The molecular formula is C18H21NO. The molecule has 0 radical (unpaired) electrons. The molecule has 0 aliphatic rings. The summed E-state index contributed by atoms with van der Waals surface area (Å²) in [6.45, 7) is 2.19. The first-order chi connectivity index (χ1) is 9.72. The molecule has 0 heterocycles. The van der Waals surface area contributed by atoms with E-state index < -0.39 is 0 Å². The van der Waals surface area contributed by atoms with Gasteiger partial charge in [-0.3, -0.25) is 4.79 Å². The normalized spacial score (nSPS) is 10.4. The molecule has 2 aromatic rings. The predicted molar refractivity (Wildman–Crippen MR) is 83.6 cm³/mol. The smallest absolute Gasteiger partial charge is 0.249 e. The van der Waals surface area contributed by atoms with Crippen molar-refractivity contribution in [1.82, 2.24) is 0 Å². The van der Waals surface area contributed by atoms with Crippen molar-refractivity contribution in [2.24, 2.45) is 5.73 Å². The van der Waals surface area contributed by atoms with Crippen LogP contribution in [0, 0.1) is 0 Å². The average Bonchev–Trinajstić information content (AvgIpc) is 2.48. The van der Waals surface area contributed by atoms with Crippen molar-refractivity contribution in [3.8, 4) is 11.1 Å². The number of carbonyl (C=O) groups excluding carboxylic acids is 1. The van der Waals surface area contributed by atoms with Gasteiger partial charge in [-0.15, -0.1) is 0 Å². The van der Waals surface area contributed by atoms with E-state index in [4.69, 9.17) is 5.73 Å². The average molecular weight is 267 g/mol. The van der Waals surface area contributed by atoms with Crippen molar-refractivity contribution in [3.05, 3.63) is 59.7 Å². The number of rotatable bonds is 6. The van der Waals surface area contributed by atoms with Gasteiger partial charge in [-0.1, -0.05) is 62.2 Å². The van der Waals surface area contributed by atoms with Crippen molar-refractivity contribution < 1.29 is 4.79 Å². The molecular weight excluding hydrogens is 246 g/mol. The maximum absolute atomic E-state index is 11.7. The Morgan fingerprint density at radius 2 is 1.80 bits per heavy atom. The zero-order chi connectivity index (χ0) is 14.4. The number of nitrogens with two attached hydrogens (primary N) is 1. The number of unbranched alkanes of at least 4 members (excludes halogenated alkanes) is 2. The van der Waals surface area contributed by atoms with Crippen LogP contribution >= 0.6 is 0 Å². The lowest BCUT2D eigenvalue weighted by Crippen LogP contribution is -2.13. The fourth-order valence-electron chi connectivity index (χ4n) is 2.40. The maximum Gasteiger partial charge on any atom is 0.249 e. The summed E-state index contributed by atoms with van der Waals surface area (Å²) < 4.78 is 0. The lowest BCUT2D eigenvalue weighted by Gasteiger charge is -2.10. The maximum atomic E-state index is 11.7. The fraction of sp³-hybridized carbons (Fsp3) is 0.278. The van der Waals surface area contributed by atoms with Crippen molar-refractivity contribution in [3.63, 3.8) is 0 Å². The van der Waals surface area contributed by atoms with Crippen molar-refractivity contribution in [2.75, 3.05) is 0 Å². The summed E-state index contributed by atoms with van der Waals surface area (Å²) in [6.07, 6.45) is 4.57. The van der Waals surface area contributed by atoms with E-state index in [0.29, 0.717) is 5.56 Å². The molecule has 2 nitrogen and oxygen atoms in total. The number of amides is 1. The largest absolute Gasteiger partial charge is 0.366 e. The van der Waals surface area contributed by atoms with E-state index in [1.54, 1.807) is 0 Å². The van der Waals surface area contributed by atoms with Gasteiger partial charge in [0, 0.05) is 5.56 Å². The molecule has 0 unspecified atom stereocenters. The lowest BCUT2D eigenvalue weighted by molar-refractivity contribution is 0.100. The summed E-state index contributed by atoms with van der Waals surface area (Å²) >= 11 is 0. The summed E-state index contributed by atoms with van der Waals surface area (Å²) in [5.74, 6) is -0.360. The third-order valence-electron chi connectivity index (χ3n) is 3.50. The van der Waals surface area contributed by atoms with Crippen LogP contribution in [0.25, 0.3) is 11.1 Å². The molecule has 0 bridgehead atoms. The second kappa shape index (κ2) is 6.90. The number of aryl methyl sites for hydroxylation is 1. The number of carbonyl (C=O) groups is 1. The Morgan fingerprint density at radius 1 is 1.05 bits per heavy atom. The Labute approximate surface area is 120 Å². The summed E-state index contributed by atoms with van der Waals surface area (Å²) in [6, 6.07) is 16.0. The first-order valence-corrected chi connectivity index (χ1v) is 7.20. The highest BCUT2D eigenvalue weighted by Gasteiger charge is 2.10. The summed E-state index contributed by atoms with van der Waals surface area (Å²) in [4.78, 5) is 11.7. The minimum Gasteiger partial charge on any atom is -0.366 e. The minimum absolute atomic E-state index is 0.360. The summed E-state index contributed by atoms with van der Waals surface area (Å²) in [7, 11) is 0. The molecule has 2 heteroatoms. The van der Waals surface area contributed by atoms with Gasteiger partial charge in [-0.05, 0) is 35.6 Å². The second-order valence-electron chi connectivity index (χ2n) is 5.07. The van der Waals surface area contributed by atoms with Gasteiger partial charge in [-0.2, -0.15) is 0 Å². The number of hydrogen-bond acceptors (Lipinski definition) is 1. The van der Waals surface area contributed by atoms with Crippen LogP contribution in [0.4, 0.5) is 0 Å². The molecule has 0 fully saturated rings. The zero-order valence-corrected chi connectivity index (χ0v) is 11.9. The standard InChI is InChI=1S/C18H21NO/c1-2-3-5-8-14-11-12-16(17(13-14)18(19)20)15-9-6-4-7-10-15/h4,6-7,9-13H,2-3,5,8H2,1H3,(H2,19,20). The van der Waals surface area contributed by atoms with Crippen LogP contribution in [0.1, 0.15) is 42.1 Å². The van der Waals surface area contributed by atoms with Crippen LogP contribution in [-0.4, -0.2) is 5.91 Å². The SMILES string of the molecule is CCCCCc1ccc(-c2ccccc2)c(C(N)=O)c1. The molecule has 2 rings (SSSR count). The van der Waals surface area contributed by atoms with Gasteiger partial charge in [0.2, 0.25) is 5.91 Å². The summed E-state index contributed by atoms with van der Waals surface area (Å²) in [5.41, 5.74) is 9.28. The Balaban J connectivity index is 2.32. The number of primary amides is 1.